The van der Waals surface area contributed by atoms with Gasteiger partial charge in [0.25, 0.3) is 0 Å². The summed E-state index contributed by atoms with van der Waals surface area (Å²) in [7, 11) is 0. The largest absolute Gasteiger partial charge is 0.464 e. The molecule has 0 amide bonds. The molecule has 0 aromatic carbocycles. The van der Waals surface area contributed by atoms with Crippen LogP contribution >= 0.6 is 12.4 Å². The summed E-state index contributed by atoms with van der Waals surface area (Å²) in [4.78, 5) is 0. The van der Waals surface area contributed by atoms with Crippen molar-refractivity contribution in [2.24, 2.45) is 11.7 Å². The van der Waals surface area contributed by atoms with E-state index in [2.05, 4.69) is 13.0 Å². The molecule has 0 unspecified atom stereocenters. The van der Waals surface area contributed by atoms with Crippen LogP contribution in [0.2, 0.25) is 0 Å². The maximum atomic E-state index is 6.26. The SMILES string of the molecule is Cc1cc([C@H](N)C2CCCCC2)oc1C.Cl. The van der Waals surface area contributed by atoms with Gasteiger partial charge in [0.05, 0.1) is 6.04 Å². The zero-order valence-electron chi connectivity index (χ0n) is 10.2. The van der Waals surface area contributed by atoms with Gasteiger partial charge < -0.3 is 10.2 Å². The van der Waals surface area contributed by atoms with Gasteiger partial charge in [0.1, 0.15) is 11.5 Å². The Kier molecular flexibility index (Phi) is 4.88. The van der Waals surface area contributed by atoms with E-state index in [9.17, 15) is 0 Å². The molecule has 1 aromatic heterocycles. The first kappa shape index (κ1) is 13.6. The quantitative estimate of drug-likeness (QED) is 0.856. The smallest absolute Gasteiger partial charge is 0.121 e. The van der Waals surface area contributed by atoms with E-state index in [1.54, 1.807) is 0 Å². The lowest BCUT2D eigenvalue weighted by atomic mass is 9.83. The molecule has 16 heavy (non-hydrogen) atoms. The Morgan fingerprint density at radius 1 is 1.25 bits per heavy atom. The summed E-state index contributed by atoms with van der Waals surface area (Å²) in [6.45, 7) is 4.09. The van der Waals surface area contributed by atoms with E-state index in [1.165, 1.54) is 37.7 Å². The fourth-order valence-electron chi connectivity index (χ4n) is 2.49. The highest BCUT2D eigenvalue weighted by Gasteiger charge is 2.24. The molecule has 0 spiro atoms. The summed E-state index contributed by atoms with van der Waals surface area (Å²) in [6.07, 6.45) is 6.56. The van der Waals surface area contributed by atoms with Gasteiger partial charge in [0.2, 0.25) is 0 Å². The van der Waals surface area contributed by atoms with E-state index in [-0.39, 0.29) is 18.4 Å². The van der Waals surface area contributed by atoms with Crippen molar-refractivity contribution >= 4 is 12.4 Å². The molecule has 1 fully saturated rings. The summed E-state index contributed by atoms with van der Waals surface area (Å²) in [5.74, 6) is 2.62. The summed E-state index contributed by atoms with van der Waals surface area (Å²) in [5, 5.41) is 0. The van der Waals surface area contributed by atoms with Crippen molar-refractivity contribution in [3.8, 4) is 0 Å². The second kappa shape index (κ2) is 5.74. The molecule has 92 valence electrons. The average Bonchev–Trinajstić information content (AvgIpc) is 2.59. The molecule has 0 aliphatic heterocycles. The van der Waals surface area contributed by atoms with Crippen LogP contribution in [0.3, 0.4) is 0 Å². The second-order valence-electron chi connectivity index (χ2n) is 4.81. The average molecular weight is 244 g/mol. The first-order valence-electron chi connectivity index (χ1n) is 6.01. The predicted octanol–water partition coefficient (Wildman–Crippen LogP) is 3.90. The molecule has 2 N–H and O–H groups in total. The molecule has 2 rings (SSSR count). The van der Waals surface area contributed by atoms with Crippen molar-refractivity contribution < 1.29 is 4.42 Å². The normalized spacial score (nSPS) is 19.2. The van der Waals surface area contributed by atoms with Crippen molar-refractivity contribution in [2.75, 3.05) is 0 Å². The second-order valence-corrected chi connectivity index (χ2v) is 4.81. The Labute approximate surface area is 104 Å². The van der Waals surface area contributed by atoms with Crippen LogP contribution in [0.1, 0.15) is 55.2 Å². The third-order valence-corrected chi connectivity index (χ3v) is 3.67. The number of aryl methyl sites for hydroxylation is 2. The zero-order valence-corrected chi connectivity index (χ0v) is 11.0. The van der Waals surface area contributed by atoms with Crippen molar-refractivity contribution in [3.05, 3.63) is 23.2 Å². The molecule has 0 saturated heterocycles. The molecule has 2 nitrogen and oxygen atoms in total. The molecular formula is C13H22ClNO. The molecule has 1 heterocycles. The molecule has 0 radical (unpaired) electrons. The van der Waals surface area contributed by atoms with Gasteiger partial charge in [-0.1, -0.05) is 19.3 Å². The van der Waals surface area contributed by atoms with Crippen molar-refractivity contribution in [2.45, 2.75) is 52.0 Å². The Morgan fingerprint density at radius 3 is 2.38 bits per heavy atom. The highest BCUT2D eigenvalue weighted by atomic mass is 35.5. The molecule has 3 heteroatoms. The maximum absolute atomic E-state index is 6.26. The highest BCUT2D eigenvalue weighted by molar-refractivity contribution is 5.85. The van der Waals surface area contributed by atoms with E-state index < -0.39 is 0 Å². The zero-order chi connectivity index (χ0) is 10.8. The molecule has 1 aliphatic rings. The highest BCUT2D eigenvalue weighted by Crippen LogP contribution is 2.34. The Bertz CT molecular complexity index is 309. The topological polar surface area (TPSA) is 39.2 Å². The minimum atomic E-state index is 0. The number of hydrogen-bond donors (Lipinski definition) is 1. The number of rotatable bonds is 2. The van der Waals surface area contributed by atoms with Crippen LogP contribution in [0.5, 0.6) is 0 Å². The molecule has 0 bridgehead atoms. The van der Waals surface area contributed by atoms with Crippen LogP contribution in [-0.4, -0.2) is 0 Å². The van der Waals surface area contributed by atoms with Crippen molar-refractivity contribution in [3.63, 3.8) is 0 Å². The van der Waals surface area contributed by atoms with E-state index in [0.717, 1.165) is 11.5 Å². The van der Waals surface area contributed by atoms with E-state index in [4.69, 9.17) is 10.2 Å². The van der Waals surface area contributed by atoms with Crippen LogP contribution < -0.4 is 5.73 Å². The maximum Gasteiger partial charge on any atom is 0.121 e. The number of furan rings is 1. The third kappa shape index (κ3) is 2.80. The number of hydrogen-bond acceptors (Lipinski definition) is 2. The van der Waals surface area contributed by atoms with Crippen molar-refractivity contribution in [1.29, 1.82) is 0 Å². The Balaban J connectivity index is 0.00000128. The Morgan fingerprint density at radius 2 is 1.88 bits per heavy atom. The first-order valence-corrected chi connectivity index (χ1v) is 6.01. The van der Waals surface area contributed by atoms with Crippen molar-refractivity contribution in [1.82, 2.24) is 0 Å². The van der Waals surface area contributed by atoms with Crippen LogP contribution in [-0.2, 0) is 0 Å². The lowest BCUT2D eigenvalue weighted by molar-refractivity contribution is 0.278. The van der Waals surface area contributed by atoms with Gasteiger partial charge in [0.15, 0.2) is 0 Å². The lowest BCUT2D eigenvalue weighted by Gasteiger charge is -2.26. The summed E-state index contributed by atoms with van der Waals surface area (Å²) >= 11 is 0. The fraction of sp³-hybridized carbons (Fsp3) is 0.692. The molecule has 1 saturated carbocycles. The molecule has 1 aliphatic carbocycles. The lowest BCUT2D eigenvalue weighted by Crippen LogP contribution is -2.23. The van der Waals surface area contributed by atoms with Crippen LogP contribution in [0.4, 0.5) is 0 Å². The van der Waals surface area contributed by atoms with Gasteiger partial charge in [-0.25, -0.2) is 0 Å². The van der Waals surface area contributed by atoms with E-state index in [0.29, 0.717) is 5.92 Å². The van der Waals surface area contributed by atoms with Gasteiger partial charge in [-0.15, -0.1) is 12.4 Å². The van der Waals surface area contributed by atoms with Crippen LogP contribution in [0.25, 0.3) is 0 Å². The molecule has 1 aromatic rings. The minimum Gasteiger partial charge on any atom is -0.464 e. The molecular weight excluding hydrogens is 222 g/mol. The van der Waals surface area contributed by atoms with E-state index >= 15 is 0 Å². The number of halogens is 1. The summed E-state index contributed by atoms with van der Waals surface area (Å²) in [5.41, 5.74) is 7.48. The predicted molar refractivity (Wildman–Crippen MR) is 68.9 cm³/mol. The molecule has 1 atom stereocenters. The first-order chi connectivity index (χ1) is 7.18. The number of nitrogens with two attached hydrogens (primary N) is 1. The van der Waals surface area contributed by atoms with Crippen LogP contribution in [0.15, 0.2) is 10.5 Å². The Hall–Kier alpha value is -0.470. The van der Waals surface area contributed by atoms with E-state index in [1.807, 2.05) is 6.92 Å². The summed E-state index contributed by atoms with van der Waals surface area (Å²) < 4.78 is 5.70. The van der Waals surface area contributed by atoms with Gasteiger partial charge in [-0.3, -0.25) is 0 Å². The summed E-state index contributed by atoms with van der Waals surface area (Å²) in [6, 6.07) is 2.21. The monoisotopic (exact) mass is 243 g/mol. The van der Waals surface area contributed by atoms with Gasteiger partial charge in [0, 0.05) is 0 Å². The van der Waals surface area contributed by atoms with Gasteiger partial charge in [-0.2, -0.15) is 0 Å². The van der Waals surface area contributed by atoms with Gasteiger partial charge in [-0.05, 0) is 44.2 Å². The fourth-order valence-corrected chi connectivity index (χ4v) is 2.49. The standard InChI is InChI=1S/C13H21NO.ClH/c1-9-8-12(15-10(9)2)13(14)11-6-4-3-5-7-11;/h8,11,13H,3-7,14H2,1-2H3;1H/t13-;/m1./s1. The van der Waals surface area contributed by atoms with Crippen LogP contribution in [0, 0.1) is 19.8 Å². The minimum absolute atomic E-state index is 0. The third-order valence-electron chi connectivity index (χ3n) is 3.67. The van der Waals surface area contributed by atoms with Gasteiger partial charge >= 0.3 is 0 Å².